The largest absolute Gasteiger partial charge is 0.493 e. The molecule has 1 aliphatic rings. The monoisotopic (exact) mass is 249 g/mol. The van der Waals surface area contributed by atoms with Crippen LogP contribution < -0.4 is 9.47 Å². The molecular weight excluding hydrogens is 230 g/mol. The molecule has 1 aromatic rings. The second-order valence-electron chi connectivity index (χ2n) is 4.24. The van der Waals surface area contributed by atoms with Crippen LogP contribution in [-0.4, -0.2) is 39.7 Å². The second kappa shape index (κ2) is 6.40. The fourth-order valence-corrected chi connectivity index (χ4v) is 2.00. The van der Waals surface area contributed by atoms with Crippen LogP contribution in [0.4, 0.5) is 0 Å². The Bertz CT molecular complexity index is 412. The number of nitrogens with zero attached hydrogens (tertiary/aromatic N) is 1. The van der Waals surface area contributed by atoms with Crippen molar-refractivity contribution in [1.82, 2.24) is 0 Å². The van der Waals surface area contributed by atoms with Crippen molar-refractivity contribution in [3.05, 3.63) is 23.8 Å². The van der Waals surface area contributed by atoms with Gasteiger partial charge >= 0.3 is 0 Å². The Morgan fingerprint density at radius 2 is 2.17 bits per heavy atom. The van der Waals surface area contributed by atoms with Gasteiger partial charge in [0.15, 0.2) is 11.5 Å². The smallest absolute Gasteiger partial charge is 0.161 e. The summed E-state index contributed by atoms with van der Waals surface area (Å²) in [6.45, 7) is 1.60. The molecule has 0 N–H and O–H groups in total. The predicted octanol–water partition coefficient (Wildman–Crippen LogP) is 2.30. The predicted molar refractivity (Wildman–Crippen MR) is 71.0 cm³/mol. The lowest BCUT2D eigenvalue weighted by Crippen LogP contribution is -2.08. The van der Waals surface area contributed by atoms with E-state index in [-0.39, 0.29) is 0 Å². The molecule has 0 radical (unpaired) electrons. The summed E-state index contributed by atoms with van der Waals surface area (Å²) in [5.41, 5.74) is 1.01. The fourth-order valence-electron chi connectivity index (χ4n) is 2.00. The van der Waals surface area contributed by atoms with E-state index in [2.05, 4.69) is 4.99 Å². The average molecular weight is 249 g/mol. The Labute approximate surface area is 108 Å². The van der Waals surface area contributed by atoms with Gasteiger partial charge in [0.1, 0.15) is 0 Å². The third-order valence-electron chi connectivity index (χ3n) is 2.98. The van der Waals surface area contributed by atoms with Crippen molar-refractivity contribution in [2.45, 2.75) is 18.9 Å². The lowest BCUT2D eigenvalue weighted by Gasteiger charge is -2.08. The Morgan fingerprint density at radius 1 is 1.33 bits per heavy atom. The quantitative estimate of drug-likeness (QED) is 0.752. The lowest BCUT2D eigenvalue weighted by atomic mass is 10.2. The highest BCUT2D eigenvalue weighted by Gasteiger charge is 2.13. The van der Waals surface area contributed by atoms with Crippen LogP contribution in [-0.2, 0) is 4.74 Å². The van der Waals surface area contributed by atoms with Crippen molar-refractivity contribution in [3.63, 3.8) is 0 Å². The minimum Gasteiger partial charge on any atom is -0.493 e. The molecule has 2 rings (SSSR count). The molecule has 0 saturated carbocycles. The summed E-state index contributed by atoms with van der Waals surface area (Å²) >= 11 is 0. The summed E-state index contributed by atoms with van der Waals surface area (Å²) < 4.78 is 15.9. The fraction of sp³-hybridized carbons (Fsp3) is 0.500. The van der Waals surface area contributed by atoms with Crippen LogP contribution >= 0.6 is 0 Å². The van der Waals surface area contributed by atoms with Crippen LogP contribution in [0.2, 0.25) is 0 Å². The zero-order valence-corrected chi connectivity index (χ0v) is 10.9. The Balaban J connectivity index is 1.97. The molecular formula is C14H19NO3. The van der Waals surface area contributed by atoms with Gasteiger partial charge < -0.3 is 14.2 Å². The maximum atomic E-state index is 5.51. The summed E-state index contributed by atoms with van der Waals surface area (Å²) in [6.07, 6.45) is 4.41. The summed E-state index contributed by atoms with van der Waals surface area (Å²) in [5, 5.41) is 0. The second-order valence-corrected chi connectivity index (χ2v) is 4.24. The number of rotatable bonds is 5. The molecule has 1 aliphatic heterocycles. The number of hydrogen-bond acceptors (Lipinski definition) is 4. The Morgan fingerprint density at radius 3 is 2.83 bits per heavy atom. The van der Waals surface area contributed by atoms with E-state index in [1.807, 2.05) is 24.4 Å². The van der Waals surface area contributed by atoms with E-state index in [1.165, 1.54) is 0 Å². The normalized spacial score (nSPS) is 19.3. The van der Waals surface area contributed by atoms with Crippen LogP contribution in [0.15, 0.2) is 23.2 Å². The topological polar surface area (TPSA) is 40.0 Å². The molecule has 0 spiro atoms. The minimum absolute atomic E-state index is 0.293. The van der Waals surface area contributed by atoms with Crippen molar-refractivity contribution in [2.24, 2.45) is 4.99 Å². The van der Waals surface area contributed by atoms with Crippen LogP contribution in [0.1, 0.15) is 18.4 Å². The Hall–Kier alpha value is -1.55. The molecule has 1 saturated heterocycles. The zero-order valence-electron chi connectivity index (χ0n) is 10.9. The van der Waals surface area contributed by atoms with Crippen molar-refractivity contribution in [2.75, 3.05) is 27.4 Å². The molecule has 1 fully saturated rings. The van der Waals surface area contributed by atoms with E-state index >= 15 is 0 Å². The van der Waals surface area contributed by atoms with Gasteiger partial charge in [0.2, 0.25) is 0 Å². The summed E-state index contributed by atoms with van der Waals surface area (Å²) in [6, 6.07) is 5.75. The zero-order chi connectivity index (χ0) is 12.8. The highest BCUT2D eigenvalue weighted by molar-refractivity contribution is 5.80. The van der Waals surface area contributed by atoms with E-state index in [9.17, 15) is 0 Å². The SMILES string of the molecule is COc1ccc(C=NCC2CCCO2)cc1OC. The molecule has 1 aromatic carbocycles. The van der Waals surface area contributed by atoms with Gasteiger partial charge in [-0.1, -0.05) is 0 Å². The standard InChI is InChI=1S/C14H19NO3/c1-16-13-6-5-11(8-14(13)17-2)9-15-10-12-4-3-7-18-12/h5-6,8-9,12H,3-4,7,10H2,1-2H3. The number of ether oxygens (including phenoxy) is 3. The van der Waals surface area contributed by atoms with Crippen molar-refractivity contribution in [3.8, 4) is 11.5 Å². The lowest BCUT2D eigenvalue weighted by molar-refractivity contribution is 0.118. The Kier molecular flexibility index (Phi) is 4.59. The van der Waals surface area contributed by atoms with Gasteiger partial charge in [-0.3, -0.25) is 4.99 Å². The highest BCUT2D eigenvalue weighted by Crippen LogP contribution is 2.26. The van der Waals surface area contributed by atoms with Gasteiger partial charge in [0.25, 0.3) is 0 Å². The first kappa shape index (κ1) is 12.9. The molecule has 0 amide bonds. The number of methoxy groups -OCH3 is 2. The maximum absolute atomic E-state index is 5.51. The van der Waals surface area contributed by atoms with Crippen LogP contribution in [0.5, 0.6) is 11.5 Å². The highest BCUT2D eigenvalue weighted by atomic mass is 16.5. The molecule has 18 heavy (non-hydrogen) atoms. The van der Waals surface area contributed by atoms with Gasteiger partial charge in [0, 0.05) is 12.8 Å². The summed E-state index contributed by atoms with van der Waals surface area (Å²) in [4.78, 5) is 4.41. The molecule has 0 bridgehead atoms. The van der Waals surface area contributed by atoms with E-state index in [1.54, 1.807) is 14.2 Å². The van der Waals surface area contributed by atoms with Gasteiger partial charge in [-0.05, 0) is 36.6 Å². The summed E-state index contributed by atoms with van der Waals surface area (Å²) in [5.74, 6) is 1.45. The first-order valence-electron chi connectivity index (χ1n) is 6.17. The van der Waals surface area contributed by atoms with E-state index in [0.717, 1.165) is 43.1 Å². The number of hydrogen-bond donors (Lipinski definition) is 0. The number of aliphatic imine (C=N–C) groups is 1. The maximum Gasteiger partial charge on any atom is 0.161 e. The first-order chi connectivity index (χ1) is 8.83. The molecule has 98 valence electrons. The molecule has 4 nitrogen and oxygen atoms in total. The third kappa shape index (κ3) is 3.23. The van der Waals surface area contributed by atoms with Crippen molar-refractivity contribution >= 4 is 6.21 Å². The summed E-state index contributed by atoms with van der Waals surface area (Å²) in [7, 11) is 3.26. The van der Waals surface area contributed by atoms with E-state index in [4.69, 9.17) is 14.2 Å². The van der Waals surface area contributed by atoms with Crippen molar-refractivity contribution < 1.29 is 14.2 Å². The number of benzene rings is 1. The van der Waals surface area contributed by atoms with Gasteiger partial charge in [-0.2, -0.15) is 0 Å². The van der Waals surface area contributed by atoms with Crippen molar-refractivity contribution in [1.29, 1.82) is 0 Å². The van der Waals surface area contributed by atoms with Crippen LogP contribution in [0.25, 0.3) is 0 Å². The molecule has 1 heterocycles. The molecule has 1 unspecified atom stereocenters. The average Bonchev–Trinajstić information content (AvgIpc) is 2.91. The first-order valence-corrected chi connectivity index (χ1v) is 6.17. The van der Waals surface area contributed by atoms with E-state index in [0.29, 0.717) is 6.10 Å². The van der Waals surface area contributed by atoms with Crippen LogP contribution in [0, 0.1) is 0 Å². The third-order valence-corrected chi connectivity index (χ3v) is 2.98. The van der Waals surface area contributed by atoms with Crippen LogP contribution in [0.3, 0.4) is 0 Å². The molecule has 0 aromatic heterocycles. The minimum atomic E-state index is 0.293. The molecule has 1 atom stereocenters. The van der Waals surface area contributed by atoms with Gasteiger partial charge in [-0.15, -0.1) is 0 Å². The van der Waals surface area contributed by atoms with Gasteiger partial charge in [0.05, 0.1) is 26.9 Å². The van der Waals surface area contributed by atoms with Gasteiger partial charge in [-0.25, -0.2) is 0 Å². The molecule has 0 aliphatic carbocycles. The van der Waals surface area contributed by atoms with E-state index < -0.39 is 0 Å². The molecule has 4 heteroatoms.